The van der Waals surface area contributed by atoms with E-state index in [2.05, 4.69) is 15.0 Å². The van der Waals surface area contributed by atoms with E-state index in [0.29, 0.717) is 19.4 Å². The number of aromatic nitrogens is 1. The van der Waals surface area contributed by atoms with Crippen LogP contribution in [0.15, 0.2) is 12.3 Å². The Morgan fingerprint density at radius 2 is 2.10 bits per heavy atom. The second-order valence-corrected chi connectivity index (χ2v) is 4.77. The Bertz CT molecular complexity index is 481. The molecule has 1 aromatic rings. The number of rotatable bonds is 7. The number of hydrogen-bond acceptors (Lipinski definition) is 4. The molecule has 4 nitrogen and oxygen atoms in total. The Hall–Kier alpha value is -1.50. The number of unbranched alkanes of at least 4 members (excludes halogenated alkanes) is 2. The first-order valence-electron chi connectivity index (χ1n) is 6.38. The van der Waals surface area contributed by atoms with Crippen molar-refractivity contribution >= 4 is 23.4 Å². The molecule has 0 aromatic carbocycles. The second-order valence-electron chi connectivity index (χ2n) is 4.37. The molecule has 0 bridgehead atoms. The molecule has 8 heteroatoms. The fraction of sp³-hybridized carbons (Fsp3) is 0.538. The summed E-state index contributed by atoms with van der Waals surface area (Å²) < 4.78 is 41.8. The number of nitrogens with zero attached hydrogens (tertiary/aromatic N) is 1. The van der Waals surface area contributed by atoms with Crippen LogP contribution in [-0.2, 0) is 15.7 Å². The van der Waals surface area contributed by atoms with Gasteiger partial charge in [0.15, 0.2) is 0 Å². The number of carbonyl (C=O) groups is 1. The van der Waals surface area contributed by atoms with Gasteiger partial charge in [-0.1, -0.05) is 18.0 Å². The fourth-order valence-corrected chi connectivity index (χ4v) is 1.84. The highest BCUT2D eigenvalue weighted by Gasteiger charge is 2.31. The van der Waals surface area contributed by atoms with Crippen molar-refractivity contribution in [1.82, 2.24) is 4.98 Å². The molecule has 1 N–H and O–H groups in total. The van der Waals surface area contributed by atoms with Crippen molar-refractivity contribution in [2.24, 2.45) is 0 Å². The standard InChI is InChI=1S/C13H16ClF3N2O2/c1-21-11(20)5-3-2-4-6-18-12-10(14)7-9(8-19-12)13(15,16)17/h7-8H,2-6H2,1H3,(H,18,19). The Labute approximate surface area is 125 Å². The van der Waals surface area contributed by atoms with Crippen LogP contribution in [-0.4, -0.2) is 24.6 Å². The lowest BCUT2D eigenvalue weighted by molar-refractivity contribution is -0.140. The number of nitrogens with one attached hydrogen (secondary N) is 1. The molecule has 0 aliphatic carbocycles. The Kier molecular flexibility index (Phi) is 6.74. The summed E-state index contributed by atoms with van der Waals surface area (Å²) in [6, 6.07) is 0.841. The zero-order valence-corrected chi connectivity index (χ0v) is 12.2. The van der Waals surface area contributed by atoms with E-state index in [9.17, 15) is 18.0 Å². The van der Waals surface area contributed by atoms with Gasteiger partial charge in [-0.05, 0) is 18.9 Å². The molecule has 0 aliphatic rings. The van der Waals surface area contributed by atoms with Gasteiger partial charge in [0.25, 0.3) is 0 Å². The summed E-state index contributed by atoms with van der Waals surface area (Å²) in [6.07, 6.45) is -1.12. The first-order chi connectivity index (χ1) is 9.84. The van der Waals surface area contributed by atoms with E-state index in [1.165, 1.54) is 7.11 Å². The smallest absolute Gasteiger partial charge is 0.417 e. The fourth-order valence-electron chi connectivity index (χ4n) is 1.60. The lowest BCUT2D eigenvalue weighted by Gasteiger charge is -2.10. The monoisotopic (exact) mass is 324 g/mol. The quantitative estimate of drug-likeness (QED) is 0.610. The number of esters is 1. The van der Waals surface area contributed by atoms with Crippen LogP contribution in [0.1, 0.15) is 31.2 Å². The minimum absolute atomic E-state index is 0.0700. The average Bonchev–Trinajstić information content (AvgIpc) is 2.42. The molecular formula is C13H16ClF3N2O2. The maximum atomic E-state index is 12.4. The molecule has 0 saturated heterocycles. The number of hydrogen-bond donors (Lipinski definition) is 1. The zero-order chi connectivity index (χ0) is 15.9. The summed E-state index contributed by atoms with van der Waals surface area (Å²) in [7, 11) is 1.34. The number of pyridine rings is 1. The van der Waals surface area contributed by atoms with E-state index >= 15 is 0 Å². The molecule has 0 aliphatic heterocycles. The van der Waals surface area contributed by atoms with Gasteiger partial charge in [-0.3, -0.25) is 4.79 Å². The molecule has 21 heavy (non-hydrogen) atoms. The Morgan fingerprint density at radius 3 is 2.67 bits per heavy atom. The van der Waals surface area contributed by atoms with Crippen LogP contribution in [0.4, 0.5) is 19.0 Å². The number of halogens is 4. The summed E-state index contributed by atoms with van der Waals surface area (Å²) >= 11 is 5.75. The molecule has 0 fully saturated rings. The van der Waals surface area contributed by atoms with Crippen molar-refractivity contribution in [3.63, 3.8) is 0 Å². The van der Waals surface area contributed by atoms with E-state index in [4.69, 9.17) is 11.6 Å². The van der Waals surface area contributed by atoms with Crippen molar-refractivity contribution in [1.29, 1.82) is 0 Å². The van der Waals surface area contributed by atoms with Gasteiger partial charge in [0.2, 0.25) is 0 Å². The number of methoxy groups -OCH3 is 1. The molecule has 1 heterocycles. The predicted molar refractivity (Wildman–Crippen MR) is 73.2 cm³/mol. The maximum Gasteiger partial charge on any atom is 0.417 e. The van der Waals surface area contributed by atoms with Crippen molar-refractivity contribution in [2.45, 2.75) is 31.9 Å². The van der Waals surface area contributed by atoms with Gasteiger partial charge in [-0.25, -0.2) is 4.98 Å². The molecule has 0 atom stereocenters. The molecular weight excluding hydrogens is 309 g/mol. The first-order valence-corrected chi connectivity index (χ1v) is 6.76. The number of ether oxygens (including phenoxy) is 1. The zero-order valence-electron chi connectivity index (χ0n) is 11.5. The van der Waals surface area contributed by atoms with Crippen molar-refractivity contribution in [2.75, 3.05) is 19.0 Å². The van der Waals surface area contributed by atoms with Gasteiger partial charge >= 0.3 is 12.1 Å². The molecule has 0 radical (unpaired) electrons. The van der Waals surface area contributed by atoms with Gasteiger partial charge in [0.1, 0.15) is 5.82 Å². The molecule has 118 valence electrons. The van der Waals surface area contributed by atoms with Gasteiger partial charge < -0.3 is 10.1 Å². The Morgan fingerprint density at radius 1 is 1.38 bits per heavy atom. The average molecular weight is 325 g/mol. The van der Waals surface area contributed by atoms with Crippen LogP contribution in [0.3, 0.4) is 0 Å². The van der Waals surface area contributed by atoms with Gasteiger partial charge in [-0.2, -0.15) is 13.2 Å². The van der Waals surface area contributed by atoms with Crippen LogP contribution in [0.5, 0.6) is 0 Å². The van der Waals surface area contributed by atoms with Crippen LogP contribution >= 0.6 is 11.6 Å². The summed E-state index contributed by atoms with van der Waals surface area (Å²) in [6.45, 7) is 0.513. The summed E-state index contributed by atoms with van der Waals surface area (Å²) in [5, 5.41) is 2.80. The van der Waals surface area contributed by atoms with E-state index in [-0.39, 0.29) is 16.8 Å². The van der Waals surface area contributed by atoms with Crippen molar-refractivity contribution < 1.29 is 22.7 Å². The van der Waals surface area contributed by atoms with Crippen molar-refractivity contribution in [3.05, 3.63) is 22.8 Å². The maximum absolute atomic E-state index is 12.4. The highest BCUT2D eigenvalue weighted by molar-refractivity contribution is 6.32. The van der Waals surface area contributed by atoms with Crippen LogP contribution < -0.4 is 5.32 Å². The summed E-state index contributed by atoms with van der Waals surface area (Å²) in [4.78, 5) is 14.5. The molecule has 0 spiro atoms. The van der Waals surface area contributed by atoms with E-state index in [0.717, 1.165) is 25.1 Å². The predicted octanol–water partition coefficient (Wildman–Crippen LogP) is 3.90. The number of alkyl halides is 3. The SMILES string of the molecule is COC(=O)CCCCCNc1ncc(C(F)(F)F)cc1Cl. The van der Waals surface area contributed by atoms with Gasteiger partial charge in [0.05, 0.1) is 17.7 Å². The number of anilines is 1. The third-order valence-electron chi connectivity index (χ3n) is 2.75. The molecule has 0 saturated carbocycles. The molecule has 0 amide bonds. The molecule has 1 rings (SSSR count). The van der Waals surface area contributed by atoms with Gasteiger partial charge in [-0.15, -0.1) is 0 Å². The van der Waals surface area contributed by atoms with Crippen molar-refractivity contribution in [3.8, 4) is 0 Å². The topological polar surface area (TPSA) is 51.2 Å². The third-order valence-corrected chi connectivity index (χ3v) is 3.03. The van der Waals surface area contributed by atoms with Crippen LogP contribution in [0, 0.1) is 0 Å². The number of carbonyl (C=O) groups excluding carboxylic acids is 1. The largest absolute Gasteiger partial charge is 0.469 e. The molecule has 0 unspecified atom stereocenters. The molecule has 1 aromatic heterocycles. The van der Waals surface area contributed by atoms with E-state index < -0.39 is 11.7 Å². The summed E-state index contributed by atoms with van der Waals surface area (Å²) in [5.41, 5.74) is -0.879. The highest BCUT2D eigenvalue weighted by atomic mass is 35.5. The van der Waals surface area contributed by atoms with E-state index in [1.54, 1.807) is 0 Å². The van der Waals surface area contributed by atoms with Crippen LogP contribution in [0.2, 0.25) is 5.02 Å². The van der Waals surface area contributed by atoms with E-state index in [1.807, 2.05) is 0 Å². The highest BCUT2D eigenvalue weighted by Crippen LogP contribution is 2.32. The lowest BCUT2D eigenvalue weighted by atomic mass is 10.2. The normalized spacial score (nSPS) is 11.3. The Balaban J connectivity index is 2.34. The minimum atomic E-state index is -4.46. The second kappa shape index (κ2) is 8.07. The van der Waals surface area contributed by atoms with Gasteiger partial charge in [0, 0.05) is 19.2 Å². The minimum Gasteiger partial charge on any atom is -0.469 e. The first kappa shape index (κ1) is 17.6. The van der Waals surface area contributed by atoms with Crippen LogP contribution in [0.25, 0.3) is 0 Å². The third kappa shape index (κ3) is 6.20. The lowest BCUT2D eigenvalue weighted by Crippen LogP contribution is -2.09. The summed E-state index contributed by atoms with van der Waals surface area (Å²) in [5.74, 6) is -0.0342.